The number of hydrogen-bond acceptors (Lipinski definition) is 5. The minimum Gasteiger partial charge on any atom is -0.376 e. The van der Waals surface area contributed by atoms with Crippen molar-refractivity contribution >= 4 is 34.8 Å². The van der Waals surface area contributed by atoms with Gasteiger partial charge < -0.3 is 15.4 Å². The monoisotopic (exact) mass is 381 g/mol. The minimum absolute atomic E-state index is 0.210. The fourth-order valence-electron chi connectivity index (χ4n) is 2.96. The summed E-state index contributed by atoms with van der Waals surface area (Å²) >= 11 is 6.96. The molecule has 2 aliphatic heterocycles. The zero-order valence-electron chi connectivity index (χ0n) is 12.8. The molecule has 2 N–H and O–H groups in total. The standard InChI is InChI=1S/C16H13ClFN3O3S/c17-9-1-8(2-10(18)3-9)15-19-5-12(25-15)14(23)20-11-4-16(6-24-7-16)21-13(11)22/h1-3,5,11H,4,6-7H2,(H,20,23)(H,21,22)/t11-/m1/s1. The molecule has 25 heavy (non-hydrogen) atoms. The lowest BCUT2D eigenvalue weighted by molar-refractivity contribution is -0.124. The van der Waals surface area contributed by atoms with Gasteiger partial charge in [0.2, 0.25) is 5.91 Å². The molecule has 6 nitrogen and oxygen atoms in total. The lowest BCUT2D eigenvalue weighted by atomic mass is 9.94. The molecule has 1 atom stereocenters. The van der Waals surface area contributed by atoms with Gasteiger partial charge in [-0.2, -0.15) is 0 Å². The van der Waals surface area contributed by atoms with E-state index in [4.69, 9.17) is 16.3 Å². The van der Waals surface area contributed by atoms with E-state index in [1.807, 2.05) is 0 Å². The van der Waals surface area contributed by atoms with Crippen LogP contribution in [-0.4, -0.2) is 41.6 Å². The van der Waals surface area contributed by atoms with E-state index in [2.05, 4.69) is 15.6 Å². The summed E-state index contributed by atoms with van der Waals surface area (Å²) in [4.78, 5) is 28.9. The van der Waals surface area contributed by atoms with Gasteiger partial charge in [-0.25, -0.2) is 9.37 Å². The minimum atomic E-state index is -0.592. The molecule has 1 aromatic carbocycles. The predicted octanol–water partition coefficient (Wildman–Crippen LogP) is 1.99. The molecule has 1 spiro atoms. The SMILES string of the molecule is O=C(N[C@@H]1CC2(COC2)NC1=O)c1cnc(-c2cc(F)cc(Cl)c2)s1. The smallest absolute Gasteiger partial charge is 0.263 e. The summed E-state index contributed by atoms with van der Waals surface area (Å²) in [7, 11) is 0. The van der Waals surface area contributed by atoms with Gasteiger partial charge in [0.15, 0.2) is 0 Å². The Kier molecular flexibility index (Phi) is 3.98. The van der Waals surface area contributed by atoms with Crippen molar-refractivity contribution in [3.8, 4) is 10.6 Å². The van der Waals surface area contributed by atoms with E-state index in [-0.39, 0.29) is 22.4 Å². The van der Waals surface area contributed by atoms with E-state index in [9.17, 15) is 14.0 Å². The third-order valence-electron chi connectivity index (χ3n) is 4.20. The van der Waals surface area contributed by atoms with E-state index in [1.165, 1.54) is 18.3 Å². The van der Waals surface area contributed by atoms with Crippen LogP contribution in [0.2, 0.25) is 5.02 Å². The number of hydrogen-bond donors (Lipinski definition) is 2. The van der Waals surface area contributed by atoms with Crippen LogP contribution >= 0.6 is 22.9 Å². The highest BCUT2D eigenvalue weighted by molar-refractivity contribution is 7.16. The van der Waals surface area contributed by atoms with E-state index in [0.717, 1.165) is 11.3 Å². The Hall–Kier alpha value is -2.03. The maximum Gasteiger partial charge on any atom is 0.263 e. The summed E-state index contributed by atoms with van der Waals surface area (Å²) in [5.74, 6) is -1.07. The van der Waals surface area contributed by atoms with E-state index in [0.29, 0.717) is 35.1 Å². The normalized spacial score (nSPS) is 21.0. The summed E-state index contributed by atoms with van der Waals surface area (Å²) in [6.45, 7) is 0.937. The van der Waals surface area contributed by atoms with Crippen LogP contribution in [0.15, 0.2) is 24.4 Å². The largest absolute Gasteiger partial charge is 0.376 e. The number of benzene rings is 1. The zero-order chi connectivity index (χ0) is 17.6. The van der Waals surface area contributed by atoms with E-state index in [1.54, 1.807) is 6.07 Å². The topological polar surface area (TPSA) is 80.3 Å². The molecule has 130 valence electrons. The Morgan fingerprint density at radius 2 is 2.24 bits per heavy atom. The van der Waals surface area contributed by atoms with Gasteiger partial charge >= 0.3 is 0 Å². The Labute approximate surface area is 151 Å². The molecule has 2 saturated heterocycles. The van der Waals surface area contributed by atoms with Gasteiger partial charge in [-0.3, -0.25) is 9.59 Å². The fourth-order valence-corrected chi connectivity index (χ4v) is 3.99. The molecular formula is C16H13ClFN3O3S. The average Bonchev–Trinajstić information content (AvgIpc) is 3.11. The zero-order valence-corrected chi connectivity index (χ0v) is 14.4. The lowest BCUT2D eigenvalue weighted by Crippen LogP contribution is -2.57. The van der Waals surface area contributed by atoms with Crippen molar-refractivity contribution in [1.82, 2.24) is 15.6 Å². The molecule has 3 heterocycles. The molecule has 0 aliphatic carbocycles. The molecular weight excluding hydrogens is 369 g/mol. The molecule has 9 heteroatoms. The Bertz CT molecular complexity index is 848. The van der Waals surface area contributed by atoms with Gasteiger partial charge in [0, 0.05) is 17.0 Å². The summed E-state index contributed by atoms with van der Waals surface area (Å²) < 4.78 is 18.6. The second-order valence-electron chi connectivity index (χ2n) is 6.18. The van der Waals surface area contributed by atoms with Crippen molar-refractivity contribution in [2.45, 2.75) is 18.0 Å². The van der Waals surface area contributed by atoms with Crippen LogP contribution in [0.4, 0.5) is 4.39 Å². The summed E-state index contributed by atoms with van der Waals surface area (Å²) in [6, 6.07) is 3.49. The number of halogens is 2. The molecule has 0 unspecified atom stereocenters. The third-order valence-corrected chi connectivity index (χ3v) is 5.46. The van der Waals surface area contributed by atoms with Crippen molar-refractivity contribution in [2.24, 2.45) is 0 Å². The first-order valence-corrected chi connectivity index (χ1v) is 8.77. The Balaban J connectivity index is 1.48. The van der Waals surface area contributed by atoms with Gasteiger partial charge in [-0.15, -0.1) is 11.3 Å². The number of rotatable bonds is 3. The van der Waals surface area contributed by atoms with Gasteiger partial charge in [0.25, 0.3) is 5.91 Å². The molecule has 4 rings (SSSR count). The van der Waals surface area contributed by atoms with Gasteiger partial charge in [0.05, 0.1) is 24.9 Å². The van der Waals surface area contributed by atoms with E-state index < -0.39 is 11.9 Å². The first-order chi connectivity index (χ1) is 11.9. The lowest BCUT2D eigenvalue weighted by Gasteiger charge is -2.37. The van der Waals surface area contributed by atoms with Crippen LogP contribution in [-0.2, 0) is 9.53 Å². The van der Waals surface area contributed by atoms with E-state index >= 15 is 0 Å². The Morgan fingerprint density at radius 3 is 2.88 bits per heavy atom. The van der Waals surface area contributed by atoms with Crippen LogP contribution in [0.3, 0.4) is 0 Å². The molecule has 2 aliphatic rings. The van der Waals surface area contributed by atoms with Crippen LogP contribution in [0.1, 0.15) is 16.1 Å². The molecule has 0 saturated carbocycles. The molecule has 2 aromatic rings. The van der Waals surface area contributed by atoms with Crippen molar-refractivity contribution in [1.29, 1.82) is 0 Å². The van der Waals surface area contributed by atoms with Crippen LogP contribution in [0.25, 0.3) is 10.6 Å². The van der Waals surface area contributed by atoms with Crippen molar-refractivity contribution in [3.63, 3.8) is 0 Å². The van der Waals surface area contributed by atoms with Gasteiger partial charge in [0.1, 0.15) is 21.7 Å². The predicted molar refractivity (Wildman–Crippen MR) is 90.1 cm³/mol. The maximum absolute atomic E-state index is 13.5. The first kappa shape index (κ1) is 16.4. The summed E-state index contributed by atoms with van der Waals surface area (Å²) in [5, 5.41) is 6.32. The third kappa shape index (κ3) is 3.12. The van der Waals surface area contributed by atoms with Crippen LogP contribution in [0, 0.1) is 5.82 Å². The number of thiazole rings is 1. The highest BCUT2D eigenvalue weighted by Gasteiger charge is 2.49. The number of carbonyl (C=O) groups excluding carboxylic acids is 2. The van der Waals surface area contributed by atoms with Gasteiger partial charge in [-0.1, -0.05) is 11.6 Å². The summed E-state index contributed by atoms with van der Waals surface area (Å²) in [5.41, 5.74) is 0.157. The van der Waals surface area contributed by atoms with Crippen molar-refractivity contribution in [2.75, 3.05) is 13.2 Å². The number of nitrogens with zero attached hydrogens (tertiary/aromatic N) is 1. The fraction of sp³-hybridized carbons (Fsp3) is 0.312. The van der Waals surface area contributed by atoms with Gasteiger partial charge in [-0.05, 0) is 18.2 Å². The molecule has 1 aromatic heterocycles. The molecule has 0 radical (unpaired) electrons. The highest BCUT2D eigenvalue weighted by atomic mass is 35.5. The summed E-state index contributed by atoms with van der Waals surface area (Å²) in [6.07, 6.45) is 1.91. The van der Waals surface area contributed by atoms with Crippen molar-refractivity contribution in [3.05, 3.63) is 40.1 Å². The number of amides is 2. The van der Waals surface area contributed by atoms with Crippen LogP contribution < -0.4 is 10.6 Å². The number of aromatic nitrogens is 1. The number of carbonyl (C=O) groups is 2. The second kappa shape index (κ2) is 6.05. The molecule has 2 amide bonds. The van der Waals surface area contributed by atoms with Crippen LogP contribution in [0.5, 0.6) is 0 Å². The number of ether oxygens (including phenoxy) is 1. The second-order valence-corrected chi connectivity index (χ2v) is 7.65. The van der Waals surface area contributed by atoms with Crippen molar-refractivity contribution < 1.29 is 18.7 Å². The Morgan fingerprint density at radius 1 is 1.44 bits per heavy atom. The molecule has 0 bridgehead atoms. The first-order valence-electron chi connectivity index (χ1n) is 7.57. The molecule has 2 fully saturated rings. The highest BCUT2D eigenvalue weighted by Crippen LogP contribution is 2.30. The maximum atomic E-state index is 13.5. The quantitative estimate of drug-likeness (QED) is 0.852. The number of nitrogens with one attached hydrogen (secondary N) is 2. The average molecular weight is 382 g/mol.